The second-order valence-electron chi connectivity index (χ2n) is 5.03. The summed E-state index contributed by atoms with van der Waals surface area (Å²) in [6.45, 7) is 6.07. The van der Waals surface area contributed by atoms with Crippen LogP contribution in [0.15, 0.2) is 6.07 Å². The summed E-state index contributed by atoms with van der Waals surface area (Å²) in [4.78, 5) is 15.6. The highest BCUT2D eigenvalue weighted by molar-refractivity contribution is 5.79. The van der Waals surface area contributed by atoms with E-state index in [1.165, 1.54) is 7.11 Å². The largest absolute Gasteiger partial charge is 0.467 e. The van der Waals surface area contributed by atoms with E-state index in [9.17, 15) is 13.6 Å². The molecule has 2 N–H and O–H groups in total. The molecule has 7 heteroatoms. The molecule has 0 aliphatic carbocycles. The Balaban J connectivity index is 3.02. The maximum Gasteiger partial charge on any atom is 0.328 e. The van der Waals surface area contributed by atoms with E-state index in [0.717, 1.165) is 6.07 Å². The lowest BCUT2D eigenvalue weighted by molar-refractivity contribution is -0.141. The number of ether oxygens (including phenoxy) is 1. The third-order valence-electron chi connectivity index (χ3n) is 2.78. The van der Waals surface area contributed by atoms with E-state index in [0.29, 0.717) is 13.0 Å². The Morgan fingerprint density at radius 3 is 2.48 bits per heavy atom. The van der Waals surface area contributed by atoms with Gasteiger partial charge < -0.3 is 15.4 Å². The van der Waals surface area contributed by atoms with E-state index in [4.69, 9.17) is 0 Å². The predicted octanol–water partition coefficient (Wildman–Crippen LogP) is 2.79. The van der Waals surface area contributed by atoms with E-state index in [1.54, 1.807) is 6.92 Å². The summed E-state index contributed by atoms with van der Waals surface area (Å²) >= 11 is 0. The van der Waals surface area contributed by atoms with Crippen LogP contribution in [0.1, 0.15) is 27.2 Å². The molecule has 1 unspecified atom stereocenters. The molecule has 1 rings (SSSR count). The van der Waals surface area contributed by atoms with Gasteiger partial charge in [0, 0.05) is 12.6 Å². The van der Waals surface area contributed by atoms with Gasteiger partial charge in [-0.25, -0.2) is 18.6 Å². The molecule has 1 heterocycles. The first-order valence-corrected chi connectivity index (χ1v) is 6.83. The van der Waals surface area contributed by atoms with Crippen LogP contribution in [0.25, 0.3) is 0 Å². The first-order valence-electron chi connectivity index (χ1n) is 6.83. The Hall–Kier alpha value is -1.92. The molecule has 0 saturated carbocycles. The fourth-order valence-corrected chi connectivity index (χ4v) is 1.85. The van der Waals surface area contributed by atoms with Gasteiger partial charge >= 0.3 is 5.97 Å². The molecular weight excluding hydrogens is 280 g/mol. The van der Waals surface area contributed by atoms with Crippen LogP contribution < -0.4 is 10.6 Å². The van der Waals surface area contributed by atoms with Crippen molar-refractivity contribution in [3.63, 3.8) is 0 Å². The van der Waals surface area contributed by atoms with E-state index in [2.05, 4.69) is 20.4 Å². The van der Waals surface area contributed by atoms with Crippen molar-refractivity contribution >= 4 is 17.6 Å². The topological polar surface area (TPSA) is 63.2 Å². The number of nitrogens with zero attached hydrogens (tertiary/aromatic N) is 1. The Morgan fingerprint density at radius 1 is 1.33 bits per heavy atom. The highest BCUT2D eigenvalue weighted by Crippen LogP contribution is 2.21. The SMILES string of the molecule is CCNc1nc(NC(CC(C)C)C(=O)OC)c(F)cc1F. The monoisotopic (exact) mass is 301 g/mol. The maximum absolute atomic E-state index is 13.8. The molecule has 0 aliphatic heterocycles. The zero-order chi connectivity index (χ0) is 16.0. The fraction of sp³-hybridized carbons (Fsp3) is 0.571. The average molecular weight is 301 g/mol. The van der Waals surface area contributed by atoms with Crippen molar-refractivity contribution in [2.75, 3.05) is 24.3 Å². The van der Waals surface area contributed by atoms with Gasteiger partial charge in [0.25, 0.3) is 0 Å². The number of pyridine rings is 1. The summed E-state index contributed by atoms with van der Waals surface area (Å²) in [7, 11) is 1.26. The van der Waals surface area contributed by atoms with Gasteiger partial charge in [-0.3, -0.25) is 0 Å². The number of esters is 1. The lowest BCUT2D eigenvalue weighted by atomic mass is 10.0. The maximum atomic E-state index is 13.8. The first kappa shape index (κ1) is 17.1. The molecular formula is C14H21F2N3O2. The van der Waals surface area contributed by atoms with E-state index < -0.39 is 23.6 Å². The molecule has 0 aliphatic rings. The molecule has 118 valence electrons. The van der Waals surface area contributed by atoms with E-state index >= 15 is 0 Å². The van der Waals surface area contributed by atoms with Gasteiger partial charge in [0.15, 0.2) is 23.3 Å². The number of halogens is 2. The summed E-state index contributed by atoms with van der Waals surface area (Å²) in [5, 5.41) is 5.38. The van der Waals surface area contributed by atoms with Gasteiger partial charge in [0.2, 0.25) is 0 Å². The summed E-state index contributed by atoms with van der Waals surface area (Å²) in [6, 6.07) is -0.00577. The highest BCUT2D eigenvalue weighted by atomic mass is 19.1. The van der Waals surface area contributed by atoms with Crippen molar-refractivity contribution in [2.45, 2.75) is 33.2 Å². The number of carbonyl (C=O) groups is 1. The third kappa shape index (κ3) is 4.84. The standard InChI is InChI=1S/C14H21F2N3O2/c1-5-17-12-9(15)7-10(16)13(19-12)18-11(6-8(2)3)14(20)21-4/h7-8,11H,5-6H2,1-4H3,(H2,17,18,19). The Labute approximate surface area is 123 Å². The van der Waals surface area contributed by atoms with Crippen LogP contribution in [0.5, 0.6) is 0 Å². The van der Waals surface area contributed by atoms with Crippen molar-refractivity contribution in [2.24, 2.45) is 5.92 Å². The van der Waals surface area contributed by atoms with Crippen molar-refractivity contribution in [3.8, 4) is 0 Å². The summed E-state index contributed by atoms with van der Waals surface area (Å²) < 4.78 is 32.0. The molecule has 0 amide bonds. The highest BCUT2D eigenvalue weighted by Gasteiger charge is 2.23. The number of anilines is 2. The van der Waals surface area contributed by atoms with Gasteiger partial charge in [-0.15, -0.1) is 0 Å². The molecule has 0 bridgehead atoms. The smallest absolute Gasteiger partial charge is 0.328 e. The van der Waals surface area contributed by atoms with Crippen LogP contribution in [-0.2, 0) is 9.53 Å². The number of hydrogen-bond donors (Lipinski definition) is 2. The van der Waals surface area contributed by atoms with Gasteiger partial charge in [-0.2, -0.15) is 0 Å². The van der Waals surface area contributed by atoms with Crippen LogP contribution in [0.3, 0.4) is 0 Å². The molecule has 0 saturated heterocycles. The summed E-state index contributed by atoms with van der Waals surface area (Å²) in [6.07, 6.45) is 0.446. The Bertz CT molecular complexity index is 495. The molecule has 0 fully saturated rings. The van der Waals surface area contributed by atoms with Crippen LogP contribution >= 0.6 is 0 Å². The molecule has 21 heavy (non-hydrogen) atoms. The molecule has 1 aromatic rings. The molecule has 5 nitrogen and oxygen atoms in total. The number of rotatable bonds is 7. The molecule has 0 spiro atoms. The van der Waals surface area contributed by atoms with Crippen molar-refractivity contribution in [3.05, 3.63) is 17.7 Å². The summed E-state index contributed by atoms with van der Waals surface area (Å²) in [5.74, 6) is -2.19. The van der Waals surface area contributed by atoms with Gasteiger partial charge in [0.05, 0.1) is 7.11 Å². The molecule has 1 aromatic heterocycles. The van der Waals surface area contributed by atoms with Crippen molar-refractivity contribution in [1.82, 2.24) is 4.98 Å². The minimum Gasteiger partial charge on any atom is -0.467 e. The van der Waals surface area contributed by atoms with Crippen LogP contribution in [-0.4, -0.2) is 30.6 Å². The fourth-order valence-electron chi connectivity index (χ4n) is 1.85. The lowest BCUT2D eigenvalue weighted by Crippen LogP contribution is -2.33. The number of hydrogen-bond acceptors (Lipinski definition) is 5. The van der Waals surface area contributed by atoms with Gasteiger partial charge in [-0.05, 0) is 19.3 Å². The average Bonchev–Trinajstić information content (AvgIpc) is 2.41. The molecule has 0 radical (unpaired) electrons. The Kier molecular flexibility index (Phi) is 6.33. The van der Waals surface area contributed by atoms with Crippen LogP contribution in [0.2, 0.25) is 0 Å². The van der Waals surface area contributed by atoms with E-state index in [-0.39, 0.29) is 17.6 Å². The molecule has 0 aromatic carbocycles. The normalized spacial score (nSPS) is 12.1. The number of methoxy groups -OCH3 is 1. The number of aromatic nitrogens is 1. The predicted molar refractivity (Wildman–Crippen MR) is 77.2 cm³/mol. The number of carbonyl (C=O) groups excluding carboxylic acids is 1. The molecule has 1 atom stereocenters. The quantitative estimate of drug-likeness (QED) is 0.758. The van der Waals surface area contributed by atoms with Gasteiger partial charge in [-0.1, -0.05) is 13.8 Å². The van der Waals surface area contributed by atoms with Crippen LogP contribution in [0.4, 0.5) is 20.4 Å². The van der Waals surface area contributed by atoms with E-state index in [1.807, 2.05) is 13.8 Å². The van der Waals surface area contributed by atoms with Crippen molar-refractivity contribution in [1.29, 1.82) is 0 Å². The first-order chi connectivity index (χ1) is 9.88. The minimum atomic E-state index is -0.855. The Morgan fingerprint density at radius 2 is 1.95 bits per heavy atom. The second-order valence-corrected chi connectivity index (χ2v) is 5.03. The van der Waals surface area contributed by atoms with Crippen LogP contribution in [0, 0.1) is 17.6 Å². The van der Waals surface area contributed by atoms with Gasteiger partial charge in [0.1, 0.15) is 6.04 Å². The minimum absolute atomic E-state index is 0.0606. The third-order valence-corrected chi connectivity index (χ3v) is 2.78. The number of nitrogens with one attached hydrogen (secondary N) is 2. The van der Waals surface area contributed by atoms with Crippen molar-refractivity contribution < 1.29 is 18.3 Å². The zero-order valence-electron chi connectivity index (χ0n) is 12.7. The zero-order valence-corrected chi connectivity index (χ0v) is 12.7. The second kappa shape index (κ2) is 7.75. The summed E-state index contributed by atoms with van der Waals surface area (Å²) in [5.41, 5.74) is 0. The lowest BCUT2D eigenvalue weighted by Gasteiger charge is -2.19.